The monoisotopic (exact) mass is 1840 g/mol. The molecule has 20 aromatic carbocycles. The molecule has 29 rings (SSSR count). The number of hydrogen-bond donors (Lipinski definition) is 0. The number of rotatable bonds is 13. The van der Waals surface area contributed by atoms with Gasteiger partial charge in [-0.3, -0.25) is 13.7 Å². The van der Waals surface area contributed by atoms with Gasteiger partial charge in [-0.25, -0.2) is 15.0 Å². The van der Waals surface area contributed by atoms with E-state index in [1.807, 2.05) is 62.5 Å². The van der Waals surface area contributed by atoms with Crippen molar-refractivity contribution in [3.63, 3.8) is 0 Å². The van der Waals surface area contributed by atoms with E-state index < -0.39 is 0 Å². The molecule has 0 spiro atoms. The lowest BCUT2D eigenvalue weighted by Gasteiger charge is -2.14. The summed E-state index contributed by atoms with van der Waals surface area (Å²) in [7, 11) is 0. The standard InChI is InChI=1S/C53H34N2O.C41H26N2O.C39H24N2O.C2H6/c1-3-11-35(12-4-1)37-19-21-39(22-20-37)43-33-48(40-25-23-38(24-26-40)36-13-5-2-6-14-36)54-53(34-43)55-49-17-9-7-15-44(49)46-31-41(27-29-50(46)55)42-28-30-52-47(32-42)45-16-8-10-18-51(45)56-52;1-3-11-27(12-4-1)31-25-36(28-13-5-2-6-14-28)42-41(26-31)43-37-17-9-7-15-32(37)34-23-29(19-21-38(34)43)30-20-22-40-35(24-30)33-16-8-10-18-39(33)44-40;1-2-10-25(11-3-1)34-24-40-39(31-15-5-4-12-28(31)34)41-35-16-8-6-13-29(35)32-22-26(18-20-36(32)41)27-19-21-38-33(23-27)30-14-7-9-17-37(30)42-38;1-2/h1-34H;1-26H;1-24H;1-2H3. The SMILES string of the molecule is CC.c1ccc(-c2cc(-c3ccccc3)nc(-n3c4ccccc4c4cc(-c5ccc6oc7ccccc7c6c5)ccc43)c2)cc1.c1ccc(-c2ccc(-c3cc(-c4ccc(-c5ccccc5)cc4)nc(-n4c5ccccc5c5cc(-c6ccc7oc8ccccc8c7c6)ccc54)c3)cc2)cc1.c1ccc(-c2cnc(-n3c4ccccc4c4cc(-c5ccc6oc7ccccc7c6c5)ccc43)c3ccccc23)cc1. The molecular formula is C135H90N6O3. The third kappa shape index (κ3) is 15.4. The quantitative estimate of drug-likeness (QED) is 0.114. The summed E-state index contributed by atoms with van der Waals surface area (Å²) in [4.78, 5) is 15.8. The molecule has 0 aliphatic carbocycles. The van der Waals surface area contributed by atoms with Gasteiger partial charge in [0.25, 0.3) is 0 Å². The normalized spacial score (nSPS) is 11.5. The second-order valence-electron chi connectivity index (χ2n) is 36.4. The molecule has 0 unspecified atom stereocenters. The van der Waals surface area contributed by atoms with Gasteiger partial charge in [-0.05, 0) is 222 Å². The maximum atomic E-state index is 6.15. The minimum Gasteiger partial charge on any atom is -0.456 e. The molecule has 144 heavy (non-hydrogen) atoms. The Hall–Kier alpha value is -19.1. The van der Waals surface area contributed by atoms with Crippen molar-refractivity contribution in [1.82, 2.24) is 28.7 Å². The largest absolute Gasteiger partial charge is 0.456 e. The predicted molar refractivity (Wildman–Crippen MR) is 601 cm³/mol. The molecule has 0 radical (unpaired) electrons. The zero-order valence-electron chi connectivity index (χ0n) is 78.9. The fourth-order valence-electron chi connectivity index (χ4n) is 21.2. The van der Waals surface area contributed by atoms with Crippen LogP contribution in [0.1, 0.15) is 13.8 Å². The number of fused-ring (bicyclic) bond motifs is 19. The van der Waals surface area contributed by atoms with E-state index >= 15 is 0 Å². The number of aromatic nitrogens is 6. The molecule has 29 aromatic rings. The van der Waals surface area contributed by atoms with E-state index in [1.54, 1.807) is 0 Å². The van der Waals surface area contributed by atoms with Crippen molar-refractivity contribution in [3.8, 4) is 129 Å². The van der Waals surface area contributed by atoms with Crippen molar-refractivity contribution >= 4 is 142 Å². The van der Waals surface area contributed by atoms with Crippen molar-refractivity contribution in [2.75, 3.05) is 0 Å². The van der Waals surface area contributed by atoms with Crippen LogP contribution < -0.4 is 0 Å². The highest BCUT2D eigenvalue weighted by Crippen LogP contribution is 2.46. The smallest absolute Gasteiger partial charge is 0.145 e. The zero-order chi connectivity index (χ0) is 95.7. The van der Waals surface area contributed by atoms with Crippen LogP contribution in [0, 0.1) is 0 Å². The topological polar surface area (TPSA) is 92.9 Å². The van der Waals surface area contributed by atoms with Gasteiger partial charge in [-0.2, -0.15) is 0 Å². The van der Waals surface area contributed by atoms with Crippen LogP contribution in [-0.4, -0.2) is 28.7 Å². The van der Waals surface area contributed by atoms with E-state index in [2.05, 4.69) is 475 Å². The second kappa shape index (κ2) is 36.4. The molecule has 9 heterocycles. The minimum absolute atomic E-state index is 0.877. The summed E-state index contributed by atoms with van der Waals surface area (Å²) >= 11 is 0. The number of furan rings is 3. The van der Waals surface area contributed by atoms with Crippen LogP contribution in [0.25, 0.3) is 271 Å². The zero-order valence-corrected chi connectivity index (χ0v) is 78.9. The van der Waals surface area contributed by atoms with Gasteiger partial charge in [-0.1, -0.05) is 384 Å². The van der Waals surface area contributed by atoms with Gasteiger partial charge in [-0.15, -0.1) is 0 Å². The molecule has 0 fully saturated rings. The first-order valence-corrected chi connectivity index (χ1v) is 49.1. The summed E-state index contributed by atoms with van der Waals surface area (Å²) in [6.45, 7) is 4.00. The molecule has 0 atom stereocenters. The molecule has 0 saturated carbocycles. The number of nitrogens with zero attached hydrogens (tertiary/aromatic N) is 6. The Bertz CT molecular complexity index is 9810. The maximum Gasteiger partial charge on any atom is 0.145 e. The van der Waals surface area contributed by atoms with Gasteiger partial charge in [0.1, 0.15) is 51.0 Å². The van der Waals surface area contributed by atoms with E-state index in [4.69, 9.17) is 28.2 Å². The summed E-state index contributed by atoms with van der Waals surface area (Å²) in [5.74, 6) is 2.72. The van der Waals surface area contributed by atoms with E-state index in [0.717, 1.165) is 178 Å². The van der Waals surface area contributed by atoms with Gasteiger partial charge in [0.15, 0.2) is 0 Å². The minimum atomic E-state index is 0.877. The van der Waals surface area contributed by atoms with Crippen LogP contribution in [0.15, 0.2) is 523 Å². The fourth-order valence-corrected chi connectivity index (χ4v) is 21.2. The average Bonchev–Trinajstić information content (AvgIpc) is 1.58. The highest BCUT2D eigenvalue weighted by atomic mass is 16.3. The molecule has 678 valence electrons. The predicted octanol–water partition coefficient (Wildman–Crippen LogP) is 37.1. The molecule has 9 aromatic heterocycles. The third-order valence-electron chi connectivity index (χ3n) is 28.1. The lowest BCUT2D eigenvalue weighted by molar-refractivity contribution is 0.668. The second-order valence-corrected chi connectivity index (χ2v) is 36.4. The van der Waals surface area contributed by atoms with Gasteiger partial charge in [0.05, 0.1) is 44.5 Å². The van der Waals surface area contributed by atoms with Gasteiger partial charge in [0.2, 0.25) is 0 Å². The van der Waals surface area contributed by atoms with Gasteiger partial charge < -0.3 is 13.3 Å². The average molecular weight is 1840 g/mol. The fraction of sp³-hybridized carbons (Fsp3) is 0.0148. The van der Waals surface area contributed by atoms with Crippen LogP contribution >= 0.6 is 0 Å². The molecule has 0 bridgehead atoms. The number of pyridine rings is 3. The lowest BCUT2D eigenvalue weighted by Crippen LogP contribution is -2.00. The van der Waals surface area contributed by atoms with Crippen LogP contribution in [-0.2, 0) is 0 Å². The Morgan fingerprint density at radius 1 is 0.160 bits per heavy atom. The number of benzene rings is 20. The summed E-state index contributed by atoms with van der Waals surface area (Å²) in [6.07, 6.45) is 2.02. The van der Waals surface area contributed by atoms with E-state index in [1.165, 1.54) is 93.3 Å². The van der Waals surface area contributed by atoms with Gasteiger partial charge in [0, 0.05) is 92.9 Å². The van der Waals surface area contributed by atoms with Crippen molar-refractivity contribution in [2.24, 2.45) is 0 Å². The van der Waals surface area contributed by atoms with Crippen LogP contribution in [0.2, 0.25) is 0 Å². The highest BCUT2D eigenvalue weighted by Gasteiger charge is 2.24. The first-order chi connectivity index (χ1) is 71.4. The number of para-hydroxylation sites is 6. The van der Waals surface area contributed by atoms with Crippen molar-refractivity contribution in [2.45, 2.75) is 13.8 Å². The summed E-state index contributed by atoms with van der Waals surface area (Å²) in [6, 6.07) is 178. The summed E-state index contributed by atoms with van der Waals surface area (Å²) < 4.78 is 25.3. The van der Waals surface area contributed by atoms with Crippen molar-refractivity contribution in [1.29, 1.82) is 0 Å². The Balaban J connectivity index is 0.000000111. The Kier molecular flexibility index (Phi) is 21.5. The molecular weight excluding hydrogens is 1750 g/mol. The first-order valence-electron chi connectivity index (χ1n) is 49.1. The lowest BCUT2D eigenvalue weighted by atomic mass is 9.98. The van der Waals surface area contributed by atoms with Crippen molar-refractivity contribution in [3.05, 3.63) is 510 Å². The Labute approximate surface area is 830 Å². The molecule has 0 aliphatic heterocycles. The van der Waals surface area contributed by atoms with Crippen molar-refractivity contribution < 1.29 is 13.3 Å². The van der Waals surface area contributed by atoms with E-state index in [-0.39, 0.29) is 0 Å². The summed E-state index contributed by atoms with van der Waals surface area (Å²) in [5, 5.41) is 16.3. The van der Waals surface area contributed by atoms with E-state index in [0.29, 0.717) is 0 Å². The van der Waals surface area contributed by atoms with Gasteiger partial charge >= 0.3 is 0 Å². The first kappa shape index (κ1) is 85.3. The molecule has 9 nitrogen and oxygen atoms in total. The van der Waals surface area contributed by atoms with E-state index in [9.17, 15) is 0 Å². The summed E-state index contributed by atoms with van der Waals surface area (Å²) in [5.41, 5.74) is 34.9. The highest BCUT2D eigenvalue weighted by molar-refractivity contribution is 6.16. The van der Waals surface area contributed by atoms with Crippen LogP contribution in [0.3, 0.4) is 0 Å². The molecule has 0 aliphatic rings. The van der Waals surface area contributed by atoms with Crippen LogP contribution in [0.5, 0.6) is 0 Å². The number of hydrogen-bond acceptors (Lipinski definition) is 6. The molecule has 9 heteroatoms. The molecule has 0 amide bonds. The maximum absolute atomic E-state index is 6.15. The Morgan fingerprint density at radius 2 is 0.403 bits per heavy atom. The van der Waals surface area contributed by atoms with Crippen LogP contribution in [0.4, 0.5) is 0 Å². The molecule has 0 N–H and O–H groups in total. The third-order valence-corrected chi connectivity index (χ3v) is 28.1. The Morgan fingerprint density at radius 3 is 0.785 bits per heavy atom. The molecule has 0 saturated heterocycles.